The van der Waals surface area contributed by atoms with Crippen LogP contribution in [-0.2, 0) is 13.5 Å². The van der Waals surface area contributed by atoms with Crippen LogP contribution in [0, 0.1) is 6.92 Å². The SMILES string of the molecule is CNC(Cc1ccn(C)n1)c1ccccc1C. The summed E-state index contributed by atoms with van der Waals surface area (Å²) in [5, 5.41) is 7.80. The van der Waals surface area contributed by atoms with Gasteiger partial charge < -0.3 is 5.32 Å². The van der Waals surface area contributed by atoms with Crippen molar-refractivity contribution in [2.24, 2.45) is 7.05 Å². The molecule has 0 spiro atoms. The van der Waals surface area contributed by atoms with E-state index in [1.165, 1.54) is 11.1 Å². The van der Waals surface area contributed by atoms with Crippen molar-refractivity contribution >= 4 is 0 Å². The van der Waals surface area contributed by atoms with Crippen molar-refractivity contribution in [2.75, 3.05) is 7.05 Å². The van der Waals surface area contributed by atoms with Gasteiger partial charge in [-0.3, -0.25) is 4.68 Å². The number of rotatable bonds is 4. The van der Waals surface area contributed by atoms with Gasteiger partial charge in [0.1, 0.15) is 0 Å². The highest BCUT2D eigenvalue weighted by Crippen LogP contribution is 2.20. The summed E-state index contributed by atoms with van der Waals surface area (Å²) in [6.07, 6.45) is 2.90. The van der Waals surface area contributed by atoms with Crippen molar-refractivity contribution < 1.29 is 0 Å². The summed E-state index contributed by atoms with van der Waals surface area (Å²) in [7, 11) is 3.95. The van der Waals surface area contributed by atoms with Gasteiger partial charge in [-0.25, -0.2) is 0 Å². The zero-order valence-corrected chi connectivity index (χ0v) is 10.6. The summed E-state index contributed by atoms with van der Waals surface area (Å²) in [4.78, 5) is 0. The molecule has 1 heterocycles. The van der Waals surface area contributed by atoms with Gasteiger partial charge in [-0.05, 0) is 31.2 Å². The fraction of sp³-hybridized carbons (Fsp3) is 0.357. The third-order valence-corrected chi connectivity index (χ3v) is 3.09. The van der Waals surface area contributed by atoms with Gasteiger partial charge in [-0.1, -0.05) is 24.3 Å². The second-order valence-electron chi connectivity index (χ2n) is 4.38. The molecule has 3 heteroatoms. The van der Waals surface area contributed by atoms with Crippen LogP contribution < -0.4 is 5.32 Å². The molecule has 1 aromatic heterocycles. The average Bonchev–Trinajstić information content (AvgIpc) is 2.73. The second-order valence-corrected chi connectivity index (χ2v) is 4.38. The highest BCUT2D eigenvalue weighted by atomic mass is 15.2. The van der Waals surface area contributed by atoms with Crippen molar-refractivity contribution in [3.8, 4) is 0 Å². The first kappa shape index (κ1) is 11.9. The molecule has 0 fully saturated rings. The smallest absolute Gasteiger partial charge is 0.0643 e. The molecule has 90 valence electrons. The molecule has 0 aliphatic heterocycles. The van der Waals surface area contributed by atoms with E-state index >= 15 is 0 Å². The van der Waals surface area contributed by atoms with Crippen LogP contribution in [0.3, 0.4) is 0 Å². The lowest BCUT2D eigenvalue weighted by atomic mass is 9.98. The zero-order valence-electron chi connectivity index (χ0n) is 10.6. The van der Waals surface area contributed by atoms with Crippen LogP contribution in [0.5, 0.6) is 0 Å². The molecule has 1 aromatic carbocycles. The van der Waals surface area contributed by atoms with Crippen molar-refractivity contribution in [1.29, 1.82) is 0 Å². The fourth-order valence-electron chi connectivity index (χ4n) is 2.13. The minimum absolute atomic E-state index is 0.325. The molecule has 0 radical (unpaired) electrons. The second kappa shape index (κ2) is 5.15. The van der Waals surface area contributed by atoms with Gasteiger partial charge in [0.05, 0.1) is 5.69 Å². The van der Waals surface area contributed by atoms with Crippen LogP contribution in [0.1, 0.15) is 22.9 Å². The number of aryl methyl sites for hydroxylation is 2. The maximum Gasteiger partial charge on any atom is 0.0643 e. The minimum atomic E-state index is 0.325. The summed E-state index contributed by atoms with van der Waals surface area (Å²) >= 11 is 0. The Labute approximate surface area is 102 Å². The highest BCUT2D eigenvalue weighted by Gasteiger charge is 2.13. The summed E-state index contributed by atoms with van der Waals surface area (Å²) in [6.45, 7) is 2.15. The summed E-state index contributed by atoms with van der Waals surface area (Å²) in [6, 6.07) is 10.9. The number of nitrogens with one attached hydrogen (secondary N) is 1. The fourth-order valence-corrected chi connectivity index (χ4v) is 2.13. The van der Waals surface area contributed by atoms with Crippen molar-refractivity contribution in [1.82, 2.24) is 15.1 Å². The van der Waals surface area contributed by atoms with Gasteiger partial charge in [0, 0.05) is 25.7 Å². The van der Waals surface area contributed by atoms with E-state index < -0.39 is 0 Å². The van der Waals surface area contributed by atoms with E-state index in [0.717, 1.165) is 12.1 Å². The third-order valence-electron chi connectivity index (χ3n) is 3.09. The summed E-state index contributed by atoms with van der Waals surface area (Å²) < 4.78 is 1.85. The van der Waals surface area contributed by atoms with Crippen LogP contribution in [-0.4, -0.2) is 16.8 Å². The number of likely N-dealkylation sites (N-methyl/N-ethyl adjacent to an activating group) is 1. The monoisotopic (exact) mass is 229 g/mol. The number of aromatic nitrogens is 2. The molecule has 0 aliphatic rings. The van der Waals surface area contributed by atoms with E-state index in [1.807, 2.05) is 25.0 Å². The third kappa shape index (κ3) is 2.74. The van der Waals surface area contributed by atoms with Crippen LogP contribution >= 0.6 is 0 Å². The first-order valence-electron chi connectivity index (χ1n) is 5.92. The van der Waals surface area contributed by atoms with Crippen LogP contribution in [0.4, 0.5) is 0 Å². The highest BCUT2D eigenvalue weighted by molar-refractivity contribution is 5.29. The predicted molar refractivity (Wildman–Crippen MR) is 69.9 cm³/mol. The molecule has 2 rings (SSSR count). The Hall–Kier alpha value is -1.61. The van der Waals surface area contributed by atoms with Crippen LogP contribution in [0.2, 0.25) is 0 Å². The largest absolute Gasteiger partial charge is 0.313 e. The Morgan fingerprint density at radius 2 is 2.06 bits per heavy atom. The Morgan fingerprint density at radius 3 is 2.65 bits per heavy atom. The van der Waals surface area contributed by atoms with E-state index in [0.29, 0.717) is 6.04 Å². The molecule has 17 heavy (non-hydrogen) atoms. The van der Waals surface area contributed by atoms with Gasteiger partial charge in [-0.15, -0.1) is 0 Å². The summed E-state index contributed by atoms with van der Waals surface area (Å²) in [5.41, 5.74) is 3.79. The first-order chi connectivity index (χ1) is 8.20. The molecule has 0 aliphatic carbocycles. The average molecular weight is 229 g/mol. The van der Waals surface area contributed by atoms with E-state index in [1.54, 1.807) is 0 Å². The topological polar surface area (TPSA) is 29.9 Å². The van der Waals surface area contributed by atoms with Crippen molar-refractivity contribution in [2.45, 2.75) is 19.4 Å². The van der Waals surface area contributed by atoms with Crippen molar-refractivity contribution in [3.63, 3.8) is 0 Å². The molecule has 0 saturated carbocycles. The molecule has 0 amide bonds. The molecule has 3 nitrogen and oxygen atoms in total. The molecule has 1 atom stereocenters. The molecule has 1 unspecified atom stereocenters. The molecule has 2 aromatic rings. The lowest BCUT2D eigenvalue weighted by Gasteiger charge is -2.17. The Balaban J connectivity index is 2.20. The Kier molecular flexibility index (Phi) is 3.59. The first-order valence-corrected chi connectivity index (χ1v) is 5.92. The van der Waals surface area contributed by atoms with Crippen molar-refractivity contribution in [3.05, 3.63) is 53.3 Å². The molecule has 1 N–H and O–H groups in total. The Morgan fingerprint density at radius 1 is 1.29 bits per heavy atom. The molecule has 0 saturated heterocycles. The van der Waals surface area contributed by atoms with E-state index in [2.05, 4.69) is 47.7 Å². The Bertz CT molecular complexity index is 488. The maximum absolute atomic E-state index is 4.43. The number of nitrogens with zero attached hydrogens (tertiary/aromatic N) is 2. The number of hydrogen-bond acceptors (Lipinski definition) is 2. The number of benzene rings is 1. The van der Waals surface area contributed by atoms with Gasteiger partial charge in [0.15, 0.2) is 0 Å². The molecular formula is C14H19N3. The van der Waals surface area contributed by atoms with E-state index in [4.69, 9.17) is 0 Å². The molecule has 0 bridgehead atoms. The van der Waals surface area contributed by atoms with Gasteiger partial charge >= 0.3 is 0 Å². The van der Waals surface area contributed by atoms with Gasteiger partial charge in [0.25, 0.3) is 0 Å². The van der Waals surface area contributed by atoms with E-state index in [-0.39, 0.29) is 0 Å². The van der Waals surface area contributed by atoms with Gasteiger partial charge in [0.2, 0.25) is 0 Å². The normalized spacial score (nSPS) is 12.6. The quantitative estimate of drug-likeness (QED) is 0.871. The minimum Gasteiger partial charge on any atom is -0.313 e. The standard InChI is InChI=1S/C14H19N3/c1-11-6-4-5-7-13(11)14(15-2)10-12-8-9-17(3)16-12/h4-9,14-15H,10H2,1-3H3. The van der Waals surface area contributed by atoms with E-state index in [9.17, 15) is 0 Å². The molecular weight excluding hydrogens is 210 g/mol. The zero-order chi connectivity index (χ0) is 12.3. The maximum atomic E-state index is 4.43. The lowest BCUT2D eigenvalue weighted by Crippen LogP contribution is -2.20. The van der Waals surface area contributed by atoms with Crippen LogP contribution in [0.25, 0.3) is 0 Å². The number of hydrogen-bond donors (Lipinski definition) is 1. The van der Waals surface area contributed by atoms with Crippen LogP contribution in [0.15, 0.2) is 36.5 Å². The van der Waals surface area contributed by atoms with Gasteiger partial charge in [-0.2, -0.15) is 5.10 Å². The summed E-state index contributed by atoms with van der Waals surface area (Å²) in [5.74, 6) is 0. The predicted octanol–water partition coefficient (Wildman–Crippen LogP) is 2.23. The lowest BCUT2D eigenvalue weighted by molar-refractivity contribution is 0.574.